The maximum Gasteiger partial charge on any atom is 0.203 e. The Bertz CT molecular complexity index is 916. The predicted molar refractivity (Wildman–Crippen MR) is 119 cm³/mol. The SMILES string of the molecule is COc1cc(CCC(=O)C(C)(c2ccccc2)c2ccccc2)cc(OC)c1OC. The molecule has 30 heavy (non-hydrogen) atoms. The van der Waals surface area contributed by atoms with Gasteiger partial charge in [0.25, 0.3) is 0 Å². The fourth-order valence-corrected chi connectivity index (χ4v) is 3.82. The van der Waals surface area contributed by atoms with E-state index in [0.717, 1.165) is 16.7 Å². The van der Waals surface area contributed by atoms with E-state index in [1.54, 1.807) is 21.3 Å². The number of aryl methyl sites for hydroxylation is 1. The fraction of sp³-hybridized carbons (Fsp3) is 0.269. The van der Waals surface area contributed by atoms with Crippen molar-refractivity contribution < 1.29 is 19.0 Å². The molecule has 4 heteroatoms. The topological polar surface area (TPSA) is 44.8 Å². The van der Waals surface area contributed by atoms with E-state index in [9.17, 15) is 4.79 Å². The highest BCUT2D eigenvalue weighted by molar-refractivity contribution is 5.93. The number of rotatable bonds is 9. The molecule has 0 spiro atoms. The third-order valence-corrected chi connectivity index (χ3v) is 5.63. The van der Waals surface area contributed by atoms with Crippen molar-refractivity contribution in [1.29, 1.82) is 0 Å². The van der Waals surface area contributed by atoms with Crippen LogP contribution < -0.4 is 14.2 Å². The fourth-order valence-electron chi connectivity index (χ4n) is 3.82. The molecular weight excluding hydrogens is 376 g/mol. The van der Waals surface area contributed by atoms with Crippen molar-refractivity contribution in [2.24, 2.45) is 0 Å². The summed E-state index contributed by atoms with van der Waals surface area (Å²) in [6.45, 7) is 2.01. The lowest BCUT2D eigenvalue weighted by atomic mass is 9.71. The van der Waals surface area contributed by atoms with E-state index in [-0.39, 0.29) is 5.78 Å². The van der Waals surface area contributed by atoms with Gasteiger partial charge in [-0.05, 0) is 42.2 Å². The summed E-state index contributed by atoms with van der Waals surface area (Å²) in [7, 11) is 4.76. The monoisotopic (exact) mass is 404 g/mol. The molecule has 0 N–H and O–H groups in total. The van der Waals surface area contributed by atoms with E-state index in [1.165, 1.54) is 0 Å². The van der Waals surface area contributed by atoms with Crippen molar-refractivity contribution in [2.45, 2.75) is 25.2 Å². The first kappa shape index (κ1) is 21.4. The molecule has 0 aliphatic carbocycles. The smallest absolute Gasteiger partial charge is 0.203 e. The Morgan fingerprint density at radius 1 is 0.767 bits per heavy atom. The highest BCUT2D eigenvalue weighted by Gasteiger charge is 2.36. The third kappa shape index (κ3) is 4.18. The van der Waals surface area contributed by atoms with E-state index in [4.69, 9.17) is 14.2 Å². The molecule has 0 saturated heterocycles. The lowest BCUT2D eigenvalue weighted by Gasteiger charge is -2.29. The van der Waals surface area contributed by atoms with Gasteiger partial charge in [-0.1, -0.05) is 60.7 Å². The molecule has 4 nitrogen and oxygen atoms in total. The molecule has 0 saturated carbocycles. The minimum Gasteiger partial charge on any atom is -0.493 e. The molecule has 0 unspecified atom stereocenters. The normalized spacial score (nSPS) is 11.1. The summed E-state index contributed by atoms with van der Waals surface area (Å²) in [6.07, 6.45) is 0.962. The Morgan fingerprint density at radius 3 is 1.63 bits per heavy atom. The molecule has 3 aromatic carbocycles. The van der Waals surface area contributed by atoms with E-state index in [0.29, 0.717) is 30.1 Å². The van der Waals surface area contributed by atoms with Crippen LogP contribution in [-0.4, -0.2) is 27.1 Å². The number of ether oxygens (including phenoxy) is 3. The zero-order chi connectivity index (χ0) is 21.6. The van der Waals surface area contributed by atoms with Gasteiger partial charge in [0.2, 0.25) is 5.75 Å². The molecule has 156 valence electrons. The largest absolute Gasteiger partial charge is 0.493 e. The summed E-state index contributed by atoms with van der Waals surface area (Å²) in [6, 6.07) is 23.7. The lowest BCUT2D eigenvalue weighted by Crippen LogP contribution is -2.34. The first-order chi connectivity index (χ1) is 14.5. The van der Waals surface area contributed by atoms with Gasteiger partial charge in [0.15, 0.2) is 11.5 Å². The minimum atomic E-state index is -0.719. The molecule has 0 atom stereocenters. The predicted octanol–water partition coefficient (Wildman–Crippen LogP) is 5.22. The number of carbonyl (C=O) groups excluding carboxylic acids is 1. The van der Waals surface area contributed by atoms with E-state index in [2.05, 4.69) is 0 Å². The number of Topliss-reactive ketones (excluding diaryl/α,β-unsaturated/α-hetero) is 1. The van der Waals surface area contributed by atoms with Crippen LogP contribution in [0.1, 0.15) is 30.0 Å². The molecule has 0 aliphatic rings. The van der Waals surface area contributed by atoms with Gasteiger partial charge < -0.3 is 14.2 Å². The summed E-state index contributed by atoms with van der Waals surface area (Å²) in [5.41, 5.74) is 2.22. The first-order valence-corrected chi connectivity index (χ1v) is 9.97. The Balaban J connectivity index is 1.91. The average molecular weight is 405 g/mol. The Kier molecular flexibility index (Phi) is 6.78. The zero-order valence-electron chi connectivity index (χ0n) is 18.0. The summed E-state index contributed by atoms with van der Waals surface area (Å²) in [5, 5.41) is 0. The van der Waals surface area contributed by atoms with Crippen LogP contribution in [0, 0.1) is 0 Å². The second-order valence-electron chi connectivity index (χ2n) is 7.31. The van der Waals surface area contributed by atoms with Crippen LogP contribution in [0.25, 0.3) is 0 Å². The summed E-state index contributed by atoms with van der Waals surface area (Å²) in [5.74, 6) is 1.89. The quantitative estimate of drug-likeness (QED) is 0.490. The van der Waals surface area contributed by atoms with Crippen molar-refractivity contribution in [3.05, 3.63) is 89.5 Å². The molecular formula is C26H28O4. The first-order valence-electron chi connectivity index (χ1n) is 9.97. The molecule has 3 rings (SSSR count). The van der Waals surface area contributed by atoms with Gasteiger partial charge in [0, 0.05) is 6.42 Å². The highest BCUT2D eigenvalue weighted by atomic mass is 16.5. The van der Waals surface area contributed by atoms with Crippen LogP contribution >= 0.6 is 0 Å². The van der Waals surface area contributed by atoms with Crippen molar-refractivity contribution in [2.75, 3.05) is 21.3 Å². The summed E-state index contributed by atoms with van der Waals surface area (Å²) >= 11 is 0. The molecule has 0 fully saturated rings. The molecule has 0 aliphatic heterocycles. The molecule has 0 radical (unpaired) electrons. The van der Waals surface area contributed by atoms with Crippen LogP contribution in [0.5, 0.6) is 17.2 Å². The third-order valence-electron chi connectivity index (χ3n) is 5.63. The van der Waals surface area contributed by atoms with Crippen molar-refractivity contribution >= 4 is 5.78 Å². The zero-order valence-corrected chi connectivity index (χ0v) is 18.0. The minimum absolute atomic E-state index is 0.161. The number of hydrogen-bond donors (Lipinski definition) is 0. The molecule has 3 aromatic rings. The Labute approximate surface area is 178 Å². The van der Waals surface area contributed by atoms with Crippen LogP contribution in [0.3, 0.4) is 0 Å². The van der Waals surface area contributed by atoms with Crippen molar-refractivity contribution in [3.8, 4) is 17.2 Å². The Hall–Kier alpha value is -3.27. The summed E-state index contributed by atoms with van der Waals surface area (Å²) in [4.78, 5) is 13.6. The van der Waals surface area contributed by atoms with Crippen LogP contribution in [0.4, 0.5) is 0 Å². The average Bonchev–Trinajstić information content (AvgIpc) is 2.82. The Morgan fingerprint density at radius 2 is 1.23 bits per heavy atom. The number of carbonyl (C=O) groups is 1. The lowest BCUT2D eigenvalue weighted by molar-refractivity contribution is -0.122. The number of hydrogen-bond acceptors (Lipinski definition) is 4. The molecule has 0 amide bonds. The number of methoxy groups -OCH3 is 3. The van der Waals surface area contributed by atoms with Gasteiger partial charge in [-0.25, -0.2) is 0 Å². The van der Waals surface area contributed by atoms with E-state index in [1.807, 2.05) is 79.7 Å². The van der Waals surface area contributed by atoms with E-state index >= 15 is 0 Å². The maximum atomic E-state index is 13.6. The van der Waals surface area contributed by atoms with Crippen LogP contribution in [0.15, 0.2) is 72.8 Å². The summed E-state index contributed by atoms with van der Waals surface area (Å²) < 4.78 is 16.3. The molecule has 0 heterocycles. The molecule has 0 bridgehead atoms. The van der Waals surface area contributed by atoms with Gasteiger partial charge >= 0.3 is 0 Å². The second kappa shape index (κ2) is 9.49. The van der Waals surface area contributed by atoms with Gasteiger partial charge in [0.1, 0.15) is 5.78 Å². The van der Waals surface area contributed by atoms with Crippen LogP contribution in [0.2, 0.25) is 0 Å². The second-order valence-corrected chi connectivity index (χ2v) is 7.31. The maximum absolute atomic E-state index is 13.6. The number of ketones is 1. The number of benzene rings is 3. The van der Waals surface area contributed by atoms with Crippen LogP contribution in [-0.2, 0) is 16.6 Å². The van der Waals surface area contributed by atoms with Crippen molar-refractivity contribution in [1.82, 2.24) is 0 Å². The standard InChI is InChI=1S/C26H28O4/c1-26(20-11-7-5-8-12-20,21-13-9-6-10-14-21)24(27)16-15-19-17-22(28-2)25(30-4)23(18-19)29-3/h5-14,17-18H,15-16H2,1-4H3. The van der Waals surface area contributed by atoms with Gasteiger partial charge in [-0.15, -0.1) is 0 Å². The van der Waals surface area contributed by atoms with Crippen molar-refractivity contribution in [3.63, 3.8) is 0 Å². The van der Waals surface area contributed by atoms with E-state index < -0.39 is 5.41 Å². The highest BCUT2D eigenvalue weighted by Crippen LogP contribution is 2.39. The van der Waals surface area contributed by atoms with Gasteiger partial charge in [-0.3, -0.25) is 4.79 Å². The van der Waals surface area contributed by atoms with Gasteiger partial charge in [-0.2, -0.15) is 0 Å². The van der Waals surface area contributed by atoms with Gasteiger partial charge in [0.05, 0.1) is 26.7 Å². The molecule has 0 aromatic heterocycles.